The summed E-state index contributed by atoms with van der Waals surface area (Å²) in [5.41, 5.74) is 9.69. The van der Waals surface area contributed by atoms with Crippen LogP contribution >= 0.6 is 11.6 Å². The number of carbonyl (C=O) groups excluding carboxylic acids is 2. The largest absolute Gasteiger partial charge is 0.298 e. The predicted molar refractivity (Wildman–Crippen MR) is 142 cm³/mol. The van der Waals surface area contributed by atoms with Gasteiger partial charge in [-0.05, 0) is 73.2 Å². The van der Waals surface area contributed by atoms with Gasteiger partial charge < -0.3 is 0 Å². The van der Waals surface area contributed by atoms with Crippen LogP contribution in [0.5, 0.6) is 0 Å². The monoisotopic (exact) mass is 478 g/mol. The number of aromatic nitrogens is 2. The number of para-hydroxylation sites is 1. The Morgan fingerprint density at radius 1 is 0.771 bits per heavy atom. The maximum atomic E-state index is 12.0. The molecule has 0 N–H and O–H groups in total. The number of aldehydes is 2. The van der Waals surface area contributed by atoms with E-state index in [2.05, 4.69) is 29.2 Å². The van der Waals surface area contributed by atoms with Crippen molar-refractivity contribution in [2.24, 2.45) is 0 Å². The van der Waals surface area contributed by atoms with Crippen molar-refractivity contribution < 1.29 is 9.59 Å². The van der Waals surface area contributed by atoms with Crippen molar-refractivity contribution in [3.8, 4) is 11.3 Å². The number of carbonyl (C=O) groups is 2. The Balaban J connectivity index is 1.60. The molecule has 5 rings (SSSR count). The lowest BCUT2D eigenvalue weighted by Gasteiger charge is -2.14. The molecule has 0 amide bonds. The first kappa shape index (κ1) is 22.9. The molecule has 0 atom stereocenters. The molecule has 0 spiro atoms. The van der Waals surface area contributed by atoms with Gasteiger partial charge in [0.1, 0.15) is 5.15 Å². The van der Waals surface area contributed by atoms with Gasteiger partial charge in [0, 0.05) is 21.9 Å². The van der Waals surface area contributed by atoms with Crippen molar-refractivity contribution >= 4 is 46.0 Å². The molecule has 0 saturated carbocycles. The molecular weight excluding hydrogens is 456 g/mol. The lowest BCUT2D eigenvalue weighted by molar-refractivity contribution is 0.111. The van der Waals surface area contributed by atoms with E-state index in [0.29, 0.717) is 23.2 Å². The van der Waals surface area contributed by atoms with Gasteiger partial charge in [-0.15, -0.1) is 0 Å². The Hall–Kier alpha value is -3.89. The van der Waals surface area contributed by atoms with Gasteiger partial charge in [0.05, 0.1) is 22.3 Å². The zero-order chi connectivity index (χ0) is 24.7. The molecule has 0 radical (unpaired) electrons. The van der Waals surface area contributed by atoms with E-state index in [4.69, 9.17) is 16.6 Å². The minimum absolute atomic E-state index is 0.212. The molecule has 0 aliphatic heterocycles. The lowest BCUT2D eigenvalue weighted by Crippen LogP contribution is -1.99. The summed E-state index contributed by atoms with van der Waals surface area (Å²) in [6.45, 7) is 6.09. The summed E-state index contributed by atoms with van der Waals surface area (Å²) in [6, 6.07) is 20.0. The van der Waals surface area contributed by atoms with Crippen molar-refractivity contribution in [1.29, 1.82) is 0 Å². The van der Waals surface area contributed by atoms with Crippen LogP contribution in [0.2, 0.25) is 5.15 Å². The number of aryl methyl sites for hydroxylation is 3. The van der Waals surface area contributed by atoms with Crippen molar-refractivity contribution in [3.63, 3.8) is 0 Å². The summed E-state index contributed by atoms with van der Waals surface area (Å²) in [4.78, 5) is 32.6. The number of benzene rings is 3. The third-order valence-electron chi connectivity index (χ3n) is 6.62. The fourth-order valence-electron chi connectivity index (χ4n) is 4.61. The second-order valence-electron chi connectivity index (χ2n) is 8.92. The van der Waals surface area contributed by atoms with Gasteiger partial charge in [0.15, 0.2) is 12.6 Å². The molecule has 35 heavy (non-hydrogen) atoms. The van der Waals surface area contributed by atoms with Gasteiger partial charge in [-0.25, -0.2) is 9.97 Å². The number of halogens is 1. The highest BCUT2D eigenvalue weighted by atomic mass is 35.5. The first-order chi connectivity index (χ1) is 16.9. The summed E-state index contributed by atoms with van der Waals surface area (Å²) >= 11 is 6.20. The van der Waals surface area contributed by atoms with Crippen molar-refractivity contribution in [3.05, 3.63) is 105 Å². The van der Waals surface area contributed by atoms with Crippen LogP contribution in [0.15, 0.2) is 60.7 Å². The van der Waals surface area contributed by atoms with Crippen LogP contribution in [0.1, 0.15) is 48.5 Å². The highest BCUT2D eigenvalue weighted by Gasteiger charge is 2.15. The van der Waals surface area contributed by atoms with Gasteiger partial charge in [0.25, 0.3) is 0 Å². The van der Waals surface area contributed by atoms with Crippen LogP contribution in [0.3, 0.4) is 0 Å². The molecule has 0 aliphatic rings. The van der Waals surface area contributed by atoms with Gasteiger partial charge in [-0.1, -0.05) is 54.1 Å². The second kappa shape index (κ2) is 9.05. The molecule has 0 fully saturated rings. The summed E-state index contributed by atoms with van der Waals surface area (Å²) in [7, 11) is 0. The minimum atomic E-state index is 0.212. The molecule has 0 bridgehead atoms. The minimum Gasteiger partial charge on any atom is -0.298 e. The standard InChI is InChI=1S/C30H23ClN2O2/c1-17-7-8-20(11-21-9-10-23-14-25(16-35)30(31)33-28(23)19(21)3)12-26(17)29-24(15-34)13-22-6-4-5-18(2)27(22)32-29/h4-10,12-16H,11H2,1-3H3. The molecule has 172 valence electrons. The fraction of sp³-hybridized carbons (Fsp3) is 0.133. The third kappa shape index (κ3) is 4.11. The first-order valence-corrected chi connectivity index (χ1v) is 11.8. The Kier molecular flexibility index (Phi) is 5.91. The molecule has 5 aromatic rings. The van der Waals surface area contributed by atoms with Crippen LogP contribution in [0, 0.1) is 20.8 Å². The molecular formula is C30H23ClN2O2. The average Bonchev–Trinajstić information content (AvgIpc) is 2.86. The Morgan fingerprint density at radius 2 is 1.51 bits per heavy atom. The van der Waals surface area contributed by atoms with E-state index in [0.717, 1.165) is 67.8 Å². The quantitative estimate of drug-likeness (QED) is 0.197. The van der Waals surface area contributed by atoms with Gasteiger partial charge in [-0.2, -0.15) is 0 Å². The third-order valence-corrected chi connectivity index (χ3v) is 6.92. The van der Waals surface area contributed by atoms with Crippen LogP contribution in [0.25, 0.3) is 33.1 Å². The summed E-state index contributed by atoms with van der Waals surface area (Å²) < 4.78 is 0. The lowest BCUT2D eigenvalue weighted by atomic mass is 9.93. The first-order valence-electron chi connectivity index (χ1n) is 11.4. The molecule has 5 heteroatoms. The number of nitrogens with zero attached hydrogens (tertiary/aromatic N) is 2. The topological polar surface area (TPSA) is 59.9 Å². The zero-order valence-electron chi connectivity index (χ0n) is 19.7. The molecule has 4 nitrogen and oxygen atoms in total. The van der Waals surface area contributed by atoms with E-state index >= 15 is 0 Å². The van der Waals surface area contributed by atoms with Crippen molar-refractivity contribution in [2.45, 2.75) is 27.2 Å². The van der Waals surface area contributed by atoms with Crippen LogP contribution in [-0.2, 0) is 6.42 Å². The van der Waals surface area contributed by atoms with Crippen LogP contribution in [0.4, 0.5) is 0 Å². The van der Waals surface area contributed by atoms with Crippen LogP contribution < -0.4 is 0 Å². The number of hydrogen-bond donors (Lipinski definition) is 0. The van der Waals surface area contributed by atoms with Gasteiger partial charge in [0.2, 0.25) is 0 Å². The van der Waals surface area contributed by atoms with E-state index in [1.165, 1.54) is 0 Å². The number of pyridine rings is 2. The Bertz CT molecular complexity index is 1660. The highest BCUT2D eigenvalue weighted by Crippen LogP contribution is 2.31. The number of fused-ring (bicyclic) bond motifs is 2. The fourth-order valence-corrected chi connectivity index (χ4v) is 4.80. The smallest absolute Gasteiger partial charge is 0.153 e. The molecule has 0 aliphatic carbocycles. The highest BCUT2D eigenvalue weighted by molar-refractivity contribution is 6.32. The summed E-state index contributed by atoms with van der Waals surface area (Å²) in [5.74, 6) is 0. The van der Waals surface area contributed by atoms with Crippen molar-refractivity contribution in [2.75, 3.05) is 0 Å². The number of hydrogen-bond acceptors (Lipinski definition) is 4. The summed E-state index contributed by atoms with van der Waals surface area (Å²) in [5, 5.41) is 2.05. The average molecular weight is 479 g/mol. The van der Waals surface area contributed by atoms with E-state index in [1.807, 2.05) is 51.1 Å². The van der Waals surface area contributed by atoms with Gasteiger partial charge in [-0.3, -0.25) is 9.59 Å². The molecule has 0 saturated heterocycles. The van der Waals surface area contributed by atoms with E-state index in [9.17, 15) is 9.59 Å². The second-order valence-corrected chi connectivity index (χ2v) is 9.28. The normalized spacial score (nSPS) is 11.2. The van der Waals surface area contributed by atoms with Crippen LogP contribution in [-0.4, -0.2) is 22.5 Å². The van der Waals surface area contributed by atoms with E-state index in [-0.39, 0.29) is 5.15 Å². The van der Waals surface area contributed by atoms with E-state index in [1.54, 1.807) is 6.07 Å². The molecule has 2 heterocycles. The van der Waals surface area contributed by atoms with E-state index < -0.39 is 0 Å². The Labute approximate surface area is 208 Å². The predicted octanol–water partition coefficient (Wildman–Crippen LogP) is 7.24. The molecule has 3 aromatic carbocycles. The molecule has 2 aromatic heterocycles. The zero-order valence-corrected chi connectivity index (χ0v) is 20.5. The maximum Gasteiger partial charge on any atom is 0.153 e. The Morgan fingerprint density at radius 3 is 2.29 bits per heavy atom. The number of rotatable bonds is 5. The summed E-state index contributed by atoms with van der Waals surface area (Å²) in [6.07, 6.45) is 2.29. The SMILES string of the molecule is Cc1ccc(Cc2ccc3cc(C=O)c(Cl)nc3c2C)cc1-c1nc2c(C)cccc2cc1C=O. The van der Waals surface area contributed by atoms with Gasteiger partial charge >= 0.3 is 0 Å². The maximum absolute atomic E-state index is 12.0. The van der Waals surface area contributed by atoms with Crippen molar-refractivity contribution in [1.82, 2.24) is 9.97 Å². The molecule has 0 unspecified atom stereocenters.